The van der Waals surface area contributed by atoms with E-state index in [2.05, 4.69) is 0 Å². The van der Waals surface area contributed by atoms with E-state index in [0.29, 0.717) is 28.9 Å². The van der Waals surface area contributed by atoms with Gasteiger partial charge in [0.15, 0.2) is 0 Å². The maximum absolute atomic E-state index is 13.7. The van der Waals surface area contributed by atoms with Crippen LogP contribution >= 0.6 is 11.6 Å². The number of benzene rings is 1. The van der Waals surface area contributed by atoms with Crippen LogP contribution < -0.4 is 10.5 Å². The molecule has 0 aromatic heterocycles. The van der Waals surface area contributed by atoms with Crippen molar-refractivity contribution in [1.82, 2.24) is 10.4 Å². The Balaban J connectivity index is 2.12. The van der Waals surface area contributed by atoms with Crippen LogP contribution in [-0.2, 0) is 12.4 Å². The summed E-state index contributed by atoms with van der Waals surface area (Å²) in [5.41, 5.74) is -2.24. The van der Waals surface area contributed by atoms with Crippen molar-refractivity contribution in [3.63, 3.8) is 0 Å². The number of allylic oxidation sites excluding steroid dienone is 3. The topological polar surface area (TPSA) is 18.5 Å². The highest BCUT2D eigenvalue weighted by atomic mass is 35.5. The molecule has 1 aromatic rings. The van der Waals surface area contributed by atoms with E-state index in [4.69, 9.17) is 11.6 Å². The molecule has 14 heteroatoms. The van der Waals surface area contributed by atoms with Crippen LogP contribution in [-0.4, -0.2) is 23.8 Å². The molecule has 0 amide bonds. The Kier molecular flexibility index (Phi) is 6.68. The van der Waals surface area contributed by atoms with Crippen LogP contribution in [0.2, 0.25) is 0 Å². The van der Waals surface area contributed by atoms with E-state index >= 15 is 0 Å². The van der Waals surface area contributed by atoms with Crippen molar-refractivity contribution < 1.29 is 43.9 Å². The number of nitrogens with zero attached hydrogens (tertiary/aromatic N) is 2. The lowest BCUT2D eigenvalue weighted by molar-refractivity contribution is -0.149. The molecule has 182 valence electrons. The molecule has 1 unspecified atom stereocenters. The summed E-state index contributed by atoms with van der Waals surface area (Å²) < 4.78 is 133. The van der Waals surface area contributed by atoms with Gasteiger partial charge in [0.25, 0.3) is 0 Å². The highest BCUT2D eigenvalue weighted by Crippen LogP contribution is 2.42. The summed E-state index contributed by atoms with van der Waals surface area (Å²) in [6.45, 7) is -0.352. The highest BCUT2D eigenvalue weighted by molar-refractivity contribution is 6.29. The fourth-order valence-electron chi connectivity index (χ4n) is 3.17. The zero-order valence-corrected chi connectivity index (χ0v) is 17.0. The Morgan fingerprint density at radius 1 is 0.939 bits per heavy atom. The summed E-state index contributed by atoms with van der Waals surface area (Å²) in [4.78, 5) is 0. The van der Waals surface area contributed by atoms with E-state index in [-0.39, 0.29) is 25.5 Å². The number of anilines is 1. The first kappa shape index (κ1) is 25.2. The molecule has 3 rings (SSSR count). The van der Waals surface area contributed by atoms with E-state index in [1.54, 1.807) is 0 Å². The minimum absolute atomic E-state index is 0.0340. The molecule has 0 saturated carbocycles. The van der Waals surface area contributed by atoms with Crippen molar-refractivity contribution in [2.24, 2.45) is 0 Å². The SMILES string of the molecule is FC1=CC=C(CN2C(Cl)=CC(C(F)(F)F)NN2c2ccc(C(F)(F)F)cc2C(F)(F)F)CC1. The van der Waals surface area contributed by atoms with Crippen molar-refractivity contribution in [1.29, 1.82) is 0 Å². The van der Waals surface area contributed by atoms with Gasteiger partial charge in [-0.1, -0.05) is 17.7 Å². The van der Waals surface area contributed by atoms with E-state index < -0.39 is 52.4 Å². The maximum atomic E-state index is 13.7. The number of halogens is 11. The van der Waals surface area contributed by atoms with Gasteiger partial charge in [0.2, 0.25) is 0 Å². The minimum atomic E-state index is -5.35. The van der Waals surface area contributed by atoms with Crippen molar-refractivity contribution in [2.45, 2.75) is 37.4 Å². The number of alkyl halides is 9. The first-order valence-electron chi connectivity index (χ1n) is 9.17. The Labute approximate surface area is 185 Å². The molecule has 1 heterocycles. The number of rotatable bonds is 3. The second-order valence-electron chi connectivity index (χ2n) is 7.17. The summed E-state index contributed by atoms with van der Waals surface area (Å²) in [5.74, 6) is -0.465. The van der Waals surface area contributed by atoms with Gasteiger partial charge in [-0.25, -0.2) is 9.51 Å². The monoisotopic (exact) mass is 509 g/mol. The molecule has 1 aromatic carbocycles. The van der Waals surface area contributed by atoms with Gasteiger partial charge in [0.05, 0.1) is 23.4 Å². The van der Waals surface area contributed by atoms with Crippen LogP contribution in [0.1, 0.15) is 24.0 Å². The number of hydrogen-bond donors (Lipinski definition) is 1. The van der Waals surface area contributed by atoms with Crippen LogP contribution in [0.5, 0.6) is 0 Å². The third-order valence-corrected chi connectivity index (χ3v) is 5.12. The van der Waals surface area contributed by atoms with E-state index in [1.807, 2.05) is 5.43 Å². The minimum Gasteiger partial charge on any atom is -0.256 e. The van der Waals surface area contributed by atoms with Crippen LogP contribution in [0.3, 0.4) is 0 Å². The normalized spacial score (nSPS) is 20.5. The predicted octanol–water partition coefficient (Wildman–Crippen LogP) is 6.85. The Bertz CT molecular complexity index is 991. The molecule has 2 aliphatic rings. The third kappa shape index (κ3) is 5.75. The molecule has 1 atom stereocenters. The standard InChI is InChI=1S/C19H14ClF10N3/c20-16-8-15(19(28,29)30)31-33(32(16)9-10-1-4-12(21)5-2-10)14-6-3-11(17(22,23)24)7-13(14)18(25,26)27/h1,3-4,6-8,15,31H,2,5,9H2. The second-order valence-corrected chi connectivity index (χ2v) is 7.56. The number of hydrogen-bond acceptors (Lipinski definition) is 3. The summed E-state index contributed by atoms with van der Waals surface area (Å²) in [5, 5.41) is 0.490. The number of nitrogens with one attached hydrogen (secondary N) is 1. The van der Waals surface area contributed by atoms with Gasteiger partial charge in [-0.3, -0.25) is 5.01 Å². The van der Waals surface area contributed by atoms with Crippen LogP contribution in [0.25, 0.3) is 0 Å². The van der Waals surface area contributed by atoms with E-state index in [1.165, 1.54) is 6.08 Å². The first-order valence-corrected chi connectivity index (χ1v) is 9.55. The summed E-state index contributed by atoms with van der Waals surface area (Å²) in [7, 11) is 0. The molecule has 0 bridgehead atoms. The number of hydrazine groups is 2. The lowest BCUT2D eigenvalue weighted by atomic mass is 10.0. The predicted molar refractivity (Wildman–Crippen MR) is 99.1 cm³/mol. The second kappa shape index (κ2) is 8.75. The molecule has 1 N–H and O–H groups in total. The summed E-state index contributed by atoms with van der Waals surface area (Å²) >= 11 is 5.97. The average Bonchev–Trinajstić information content (AvgIpc) is 2.68. The molecule has 1 aliphatic heterocycles. The summed E-state index contributed by atoms with van der Waals surface area (Å²) in [6.07, 6.45) is -12.5. The third-order valence-electron chi connectivity index (χ3n) is 4.80. The summed E-state index contributed by atoms with van der Waals surface area (Å²) in [6, 6.07) is -2.00. The Morgan fingerprint density at radius 3 is 2.12 bits per heavy atom. The molecule has 3 nitrogen and oxygen atoms in total. The fraction of sp³-hybridized carbons (Fsp3) is 0.368. The van der Waals surface area contributed by atoms with Gasteiger partial charge in [-0.05, 0) is 42.3 Å². The van der Waals surface area contributed by atoms with Crippen molar-refractivity contribution in [3.8, 4) is 0 Å². The molecule has 0 fully saturated rings. The molecule has 1 aliphatic carbocycles. The molecule has 0 saturated heterocycles. The Morgan fingerprint density at radius 2 is 1.61 bits per heavy atom. The zero-order chi connectivity index (χ0) is 24.8. The fourth-order valence-corrected chi connectivity index (χ4v) is 3.44. The van der Waals surface area contributed by atoms with Gasteiger partial charge in [0, 0.05) is 6.42 Å². The first-order chi connectivity index (χ1) is 15.1. The molecule has 0 spiro atoms. The van der Waals surface area contributed by atoms with Crippen molar-refractivity contribution >= 4 is 17.3 Å². The van der Waals surface area contributed by atoms with E-state index in [0.717, 1.165) is 11.1 Å². The Hall–Kier alpha value is -2.41. The average molecular weight is 510 g/mol. The molecule has 33 heavy (non-hydrogen) atoms. The lowest BCUT2D eigenvalue weighted by Gasteiger charge is -2.44. The quantitative estimate of drug-likeness (QED) is 0.355. The van der Waals surface area contributed by atoms with Gasteiger partial charge >= 0.3 is 18.5 Å². The molecular weight excluding hydrogens is 496 g/mol. The van der Waals surface area contributed by atoms with Crippen molar-refractivity contribution in [3.05, 3.63) is 64.1 Å². The van der Waals surface area contributed by atoms with Crippen LogP contribution in [0.4, 0.5) is 49.6 Å². The smallest absolute Gasteiger partial charge is 0.256 e. The van der Waals surface area contributed by atoms with Crippen LogP contribution in [0, 0.1) is 0 Å². The zero-order valence-electron chi connectivity index (χ0n) is 16.2. The van der Waals surface area contributed by atoms with Crippen LogP contribution in [0.15, 0.2) is 53.0 Å². The maximum Gasteiger partial charge on any atom is 0.418 e. The van der Waals surface area contributed by atoms with Gasteiger partial charge < -0.3 is 0 Å². The van der Waals surface area contributed by atoms with Gasteiger partial charge in [-0.15, -0.1) is 0 Å². The van der Waals surface area contributed by atoms with Crippen molar-refractivity contribution in [2.75, 3.05) is 11.7 Å². The largest absolute Gasteiger partial charge is 0.418 e. The highest BCUT2D eigenvalue weighted by Gasteiger charge is 2.46. The van der Waals surface area contributed by atoms with Gasteiger partial charge in [-0.2, -0.15) is 44.9 Å². The molecule has 0 radical (unpaired) electrons. The van der Waals surface area contributed by atoms with E-state index in [9.17, 15) is 43.9 Å². The molecular formula is C19H14ClF10N3. The lowest BCUT2D eigenvalue weighted by Crippen LogP contribution is -2.61. The van der Waals surface area contributed by atoms with Gasteiger partial charge in [0.1, 0.15) is 17.0 Å².